The number of nitrogens with zero attached hydrogens (tertiary/aromatic N) is 3. The minimum absolute atomic E-state index is 0.131. The lowest BCUT2D eigenvalue weighted by Gasteiger charge is -2.11. The molecule has 0 amide bonds. The van der Waals surface area contributed by atoms with Crippen LogP contribution in [-0.2, 0) is 6.42 Å². The molecule has 2 atom stereocenters. The number of aryl methyl sites for hydroxylation is 3. The van der Waals surface area contributed by atoms with E-state index in [4.69, 9.17) is 20.7 Å². The molecular weight excluding hydrogens is 406 g/mol. The van der Waals surface area contributed by atoms with Crippen molar-refractivity contribution in [3.05, 3.63) is 65.0 Å². The Morgan fingerprint density at radius 3 is 2.69 bits per heavy atom. The first kappa shape index (κ1) is 21.8. The van der Waals surface area contributed by atoms with Crippen LogP contribution in [0.3, 0.4) is 0 Å². The highest BCUT2D eigenvalue weighted by molar-refractivity contribution is 5.70. The average Bonchev–Trinajstić information content (AvgIpc) is 3.40. The maximum absolute atomic E-state index is 10.3. The van der Waals surface area contributed by atoms with E-state index in [9.17, 15) is 5.11 Å². The van der Waals surface area contributed by atoms with E-state index in [2.05, 4.69) is 41.3 Å². The first-order valence-corrected chi connectivity index (χ1v) is 10.9. The lowest BCUT2D eigenvalue weighted by Crippen LogP contribution is -2.37. The number of ether oxygens (including phenoxy) is 1. The lowest BCUT2D eigenvalue weighted by atomic mass is 10.1. The highest BCUT2D eigenvalue weighted by Crippen LogP contribution is 2.30. The van der Waals surface area contributed by atoms with Crippen molar-refractivity contribution < 1.29 is 18.9 Å². The van der Waals surface area contributed by atoms with Gasteiger partial charge in [0, 0.05) is 12.0 Å². The Labute approximate surface area is 187 Å². The van der Waals surface area contributed by atoms with Gasteiger partial charge in [-0.25, -0.2) is 0 Å². The second-order valence-electron chi connectivity index (χ2n) is 8.29. The van der Waals surface area contributed by atoms with Gasteiger partial charge in [-0.2, -0.15) is 4.98 Å². The number of benzene rings is 2. The molecule has 5 N–H and O–H groups in total. The summed E-state index contributed by atoms with van der Waals surface area (Å²) in [6.45, 7) is 5.27. The van der Waals surface area contributed by atoms with Crippen LogP contribution < -0.4 is 16.2 Å². The second kappa shape index (κ2) is 9.40. The molecule has 1 aromatic heterocycles. The molecule has 32 heavy (non-hydrogen) atoms. The zero-order chi connectivity index (χ0) is 22.7. The second-order valence-corrected chi connectivity index (χ2v) is 8.29. The predicted octanol–water partition coefficient (Wildman–Crippen LogP) is 2.46. The number of guanidine groups is 1. The third kappa shape index (κ3) is 4.75. The third-order valence-electron chi connectivity index (χ3n) is 5.81. The average molecular weight is 437 g/mol. The molecule has 1 saturated heterocycles. The van der Waals surface area contributed by atoms with Gasteiger partial charge in [0.15, 0.2) is 6.04 Å². The molecule has 0 unspecified atom stereocenters. The van der Waals surface area contributed by atoms with Gasteiger partial charge < -0.3 is 14.4 Å². The Balaban J connectivity index is 1.39. The number of aliphatic hydroxyl groups excluding tert-OH is 1. The molecule has 0 bridgehead atoms. The van der Waals surface area contributed by atoms with Gasteiger partial charge in [-0.3, -0.25) is 16.0 Å². The molecule has 168 valence electrons. The van der Waals surface area contributed by atoms with Crippen LogP contribution in [0.15, 0.2) is 47.0 Å². The molecule has 1 aliphatic heterocycles. The molecule has 1 aliphatic rings. The van der Waals surface area contributed by atoms with Crippen LogP contribution in [0.25, 0.3) is 11.4 Å². The molecule has 8 nitrogen and oxygen atoms in total. The zero-order valence-electron chi connectivity index (χ0n) is 18.5. The summed E-state index contributed by atoms with van der Waals surface area (Å²) in [6, 6.07) is 13.9. The Kier molecular flexibility index (Phi) is 6.41. The van der Waals surface area contributed by atoms with Gasteiger partial charge in [0.2, 0.25) is 5.82 Å². The van der Waals surface area contributed by atoms with Crippen molar-refractivity contribution in [2.24, 2.45) is 11.5 Å². The molecule has 1 fully saturated rings. The van der Waals surface area contributed by atoms with Gasteiger partial charge in [0.05, 0.1) is 19.3 Å². The predicted molar refractivity (Wildman–Crippen MR) is 121 cm³/mol. The number of rotatable bonds is 7. The van der Waals surface area contributed by atoms with Crippen molar-refractivity contribution in [1.82, 2.24) is 10.1 Å². The Morgan fingerprint density at radius 1 is 1.19 bits per heavy atom. The summed E-state index contributed by atoms with van der Waals surface area (Å²) in [5.74, 6) is 1.71. The van der Waals surface area contributed by atoms with Crippen LogP contribution in [0.1, 0.15) is 41.5 Å². The largest absolute Gasteiger partial charge is 0.493 e. The van der Waals surface area contributed by atoms with Crippen molar-refractivity contribution in [2.75, 3.05) is 13.2 Å². The fourth-order valence-electron chi connectivity index (χ4n) is 4.00. The van der Waals surface area contributed by atoms with E-state index >= 15 is 0 Å². The number of nitrogens with two attached hydrogens (primary N) is 2. The molecule has 8 heteroatoms. The molecule has 0 aliphatic carbocycles. The van der Waals surface area contributed by atoms with Gasteiger partial charge in [-0.15, -0.1) is 0 Å². The lowest BCUT2D eigenvalue weighted by molar-refractivity contribution is -0.560. The molecule has 0 spiro atoms. The quantitative estimate of drug-likeness (QED) is 0.295. The van der Waals surface area contributed by atoms with Crippen LogP contribution in [0, 0.1) is 13.8 Å². The Hall–Kier alpha value is -3.39. The SMILES string of the molecule is Cc1ccc(CCCOc2ccc(-c3noc([C@@H]4[C@@H](O)CC[N+]4=C(N)N)n3)cc2C)cc1. The van der Waals surface area contributed by atoms with E-state index in [1.54, 1.807) is 4.58 Å². The number of hydrogen-bond donors (Lipinski definition) is 3. The first-order valence-electron chi connectivity index (χ1n) is 10.9. The zero-order valence-corrected chi connectivity index (χ0v) is 18.5. The maximum Gasteiger partial charge on any atom is 0.341 e. The van der Waals surface area contributed by atoms with Gasteiger partial charge >= 0.3 is 5.96 Å². The van der Waals surface area contributed by atoms with Gasteiger partial charge in [-0.05, 0) is 56.0 Å². The van der Waals surface area contributed by atoms with Crippen LogP contribution in [-0.4, -0.2) is 45.0 Å². The molecule has 0 saturated carbocycles. The van der Waals surface area contributed by atoms with E-state index in [0.717, 1.165) is 29.7 Å². The van der Waals surface area contributed by atoms with Crippen LogP contribution >= 0.6 is 0 Å². The summed E-state index contributed by atoms with van der Waals surface area (Å²) in [5.41, 5.74) is 15.9. The van der Waals surface area contributed by atoms with Crippen LogP contribution in [0.5, 0.6) is 5.75 Å². The van der Waals surface area contributed by atoms with Crippen molar-refractivity contribution in [3.8, 4) is 17.1 Å². The van der Waals surface area contributed by atoms with Crippen LogP contribution in [0.2, 0.25) is 0 Å². The van der Waals surface area contributed by atoms with Crippen LogP contribution in [0.4, 0.5) is 0 Å². The summed E-state index contributed by atoms with van der Waals surface area (Å²) < 4.78 is 13.1. The molecule has 0 radical (unpaired) electrons. The van der Waals surface area contributed by atoms with Crippen molar-refractivity contribution in [1.29, 1.82) is 0 Å². The molecular formula is C24H30N5O3+. The standard InChI is InChI=1S/C24H29N5O3/c1-15-5-7-17(8-6-15)4-3-13-31-20-10-9-18(14-16(20)2)22-27-23(32-28-22)21-19(30)11-12-29(21)24(25)26/h5-10,14,19,21,30H,3-4,11-13H2,1-2H3,(H3,25,26)/p+1/t19-,21-/m0/s1. The monoisotopic (exact) mass is 436 g/mol. The maximum atomic E-state index is 10.3. The Morgan fingerprint density at radius 2 is 1.97 bits per heavy atom. The van der Waals surface area contributed by atoms with E-state index in [-0.39, 0.29) is 5.96 Å². The summed E-state index contributed by atoms with van der Waals surface area (Å²) >= 11 is 0. The summed E-state index contributed by atoms with van der Waals surface area (Å²) in [6.07, 6.45) is 1.80. The van der Waals surface area contributed by atoms with E-state index in [1.165, 1.54) is 11.1 Å². The highest BCUT2D eigenvalue weighted by atomic mass is 16.5. The van der Waals surface area contributed by atoms with Gasteiger partial charge in [-0.1, -0.05) is 35.0 Å². The van der Waals surface area contributed by atoms with E-state index in [1.807, 2.05) is 25.1 Å². The summed E-state index contributed by atoms with van der Waals surface area (Å²) in [4.78, 5) is 4.49. The first-order chi connectivity index (χ1) is 15.4. The smallest absolute Gasteiger partial charge is 0.341 e. The minimum atomic E-state index is -0.664. The molecule has 3 aromatic rings. The number of aromatic nitrogens is 2. The van der Waals surface area contributed by atoms with E-state index < -0.39 is 12.1 Å². The fraction of sp³-hybridized carbons (Fsp3) is 0.375. The summed E-state index contributed by atoms with van der Waals surface area (Å²) in [7, 11) is 0. The van der Waals surface area contributed by atoms with E-state index in [0.29, 0.717) is 31.3 Å². The molecule has 2 heterocycles. The molecule has 4 rings (SSSR count). The number of hydrogen-bond acceptors (Lipinski definition) is 5. The molecule has 2 aromatic carbocycles. The summed E-state index contributed by atoms with van der Waals surface area (Å²) in [5, 5.41) is 14.4. The fourth-order valence-corrected chi connectivity index (χ4v) is 4.00. The Bertz CT molecular complexity index is 1100. The number of aliphatic hydroxyl groups is 1. The van der Waals surface area contributed by atoms with Crippen molar-refractivity contribution >= 4 is 5.96 Å². The van der Waals surface area contributed by atoms with Crippen molar-refractivity contribution in [2.45, 2.75) is 45.3 Å². The topological polar surface area (TPSA) is 123 Å². The minimum Gasteiger partial charge on any atom is -0.493 e. The van der Waals surface area contributed by atoms with Gasteiger partial charge in [0.1, 0.15) is 5.75 Å². The third-order valence-corrected chi connectivity index (χ3v) is 5.81. The van der Waals surface area contributed by atoms with Crippen molar-refractivity contribution in [3.63, 3.8) is 0 Å². The highest BCUT2D eigenvalue weighted by Gasteiger charge is 2.39. The van der Waals surface area contributed by atoms with Gasteiger partial charge in [0.25, 0.3) is 5.89 Å². The normalized spacial score (nSPS) is 18.2.